The molecule has 12 heavy (non-hydrogen) atoms. The molecule has 0 unspecified atom stereocenters. The van der Waals surface area contributed by atoms with E-state index >= 15 is 0 Å². The smallest absolute Gasteiger partial charge is 0.152 e. The Morgan fingerprint density at radius 1 is 1.00 bits per heavy atom. The van der Waals surface area contributed by atoms with Gasteiger partial charge in [0.25, 0.3) is 0 Å². The second-order valence-electron chi connectivity index (χ2n) is 2.46. The Morgan fingerprint density at radius 3 is 2.33 bits per heavy atom. The summed E-state index contributed by atoms with van der Waals surface area (Å²) >= 11 is 5.88. The Morgan fingerprint density at radius 2 is 1.75 bits per heavy atom. The minimum Gasteiger partial charge on any atom is -0.463 e. The second kappa shape index (κ2) is 3.03. The van der Waals surface area contributed by atoms with Crippen LogP contribution in [0.15, 0.2) is 47.1 Å². The zero-order valence-electron chi connectivity index (χ0n) is 6.33. The van der Waals surface area contributed by atoms with Crippen molar-refractivity contribution in [3.05, 3.63) is 47.7 Å². The van der Waals surface area contributed by atoms with Gasteiger partial charge in [-0.2, -0.15) is 0 Å². The molecule has 0 saturated carbocycles. The summed E-state index contributed by atoms with van der Waals surface area (Å²) in [4.78, 5) is 0. The van der Waals surface area contributed by atoms with Crippen molar-refractivity contribution in [2.45, 2.75) is 0 Å². The Balaban J connectivity index is 2.51. The van der Waals surface area contributed by atoms with Crippen LogP contribution in [0.2, 0.25) is 5.02 Å². The molecule has 0 bridgehead atoms. The molecular formula is C10H7ClO. The molecule has 0 aliphatic carbocycles. The van der Waals surface area contributed by atoms with Crippen LogP contribution in [0, 0.1) is 0 Å². The summed E-state index contributed by atoms with van der Waals surface area (Å²) in [5.41, 5.74) is 1.01. The lowest BCUT2D eigenvalue weighted by molar-refractivity contribution is 0.582. The molecule has 0 saturated heterocycles. The Hall–Kier alpha value is -1.21. The molecule has 2 rings (SSSR count). The average molecular weight is 179 g/mol. The molecule has 0 aliphatic heterocycles. The van der Waals surface area contributed by atoms with E-state index < -0.39 is 0 Å². The lowest BCUT2D eigenvalue weighted by atomic mass is 10.2. The highest BCUT2D eigenvalue weighted by molar-refractivity contribution is 6.32. The van der Waals surface area contributed by atoms with Crippen molar-refractivity contribution >= 4 is 11.6 Å². The van der Waals surface area contributed by atoms with Gasteiger partial charge < -0.3 is 4.42 Å². The Labute approximate surface area is 75.6 Å². The minimum absolute atomic E-state index is 0.654. The van der Waals surface area contributed by atoms with Crippen molar-refractivity contribution in [3.8, 4) is 11.3 Å². The van der Waals surface area contributed by atoms with Crippen LogP contribution in [0.25, 0.3) is 11.3 Å². The lowest BCUT2D eigenvalue weighted by Gasteiger charge is -1.95. The van der Waals surface area contributed by atoms with Crippen molar-refractivity contribution in [1.29, 1.82) is 0 Å². The fourth-order valence-corrected chi connectivity index (χ4v) is 1.29. The minimum atomic E-state index is 0.654. The standard InChI is InChI=1S/C10H7ClO/c11-9-6-7-12-10(9)8-4-2-1-3-5-8/h1-7H. The molecule has 2 heteroatoms. The van der Waals surface area contributed by atoms with Crippen LogP contribution < -0.4 is 0 Å². The highest BCUT2D eigenvalue weighted by Crippen LogP contribution is 2.27. The van der Waals surface area contributed by atoms with Gasteiger partial charge in [-0.3, -0.25) is 0 Å². The van der Waals surface area contributed by atoms with Crippen LogP contribution in [0.1, 0.15) is 0 Å². The molecule has 1 heterocycles. The van der Waals surface area contributed by atoms with Gasteiger partial charge in [-0.15, -0.1) is 0 Å². The Kier molecular flexibility index (Phi) is 1.88. The molecule has 0 N–H and O–H groups in total. The van der Waals surface area contributed by atoms with Crippen molar-refractivity contribution in [2.24, 2.45) is 0 Å². The fraction of sp³-hybridized carbons (Fsp3) is 0. The number of hydrogen-bond donors (Lipinski definition) is 0. The normalized spacial score (nSPS) is 10.1. The lowest BCUT2D eigenvalue weighted by Crippen LogP contribution is -1.71. The van der Waals surface area contributed by atoms with Crippen molar-refractivity contribution < 1.29 is 4.42 Å². The van der Waals surface area contributed by atoms with E-state index in [1.54, 1.807) is 12.3 Å². The first-order valence-electron chi connectivity index (χ1n) is 3.66. The molecule has 1 aromatic heterocycles. The number of benzene rings is 1. The highest BCUT2D eigenvalue weighted by atomic mass is 35.5. The first-order chi connectivity index (χ1) is 5.88. The van der Waals surface area contributed by atoms with E-state index in [1.165, 1.54) is 0 Å². The quantitative estimate of drug-likeness (QED) is 0.651. The maximum atomic E-state index is 5.88. The first-order valence-corrected chi connectivity index (χ1v) is 4.04. The molecule has 0 atom stereocenters. The monoisotopic (exact) mass is 178 g/mol. The molecule has 60 valence electrons. The second-order valence-corrected chi connectivity index (χ2v) is 2.87. The molecule has 1 aromatic carbocycles. The van der Waals surface area contributed by atoms with E-state index in [4.69, 9.17) is 16.0 Å². The van der Waals surface area contributed by atoms with Gasteiger partial charge in [-0.1, -0.05) is 41.9 Å². The summed E-state index contributed by atoms with van der Waals surface area (Å²) in [5.74, 6) is 0.734. The summed E-state index contributed by atoms with van der Waals surface area (Å²) in [5, 5.41) is 0.654. The summed E-state index contributed by atoms with van der Waals surface area (Å²) in [6, 6.07) is 11.5. The third-order valence-electron chi connectivity index (χ3n) is 1.65. The number of hydrogen-bond acceptors (Lipinski definition) is 1. The maximum absolute atomic E-state index is 5.88. The van der Waals surface area contributed by atoms with Crippen LogP contribution in [-0.2, 0) is 0 Å². The molecule has 0 aliphatic rings. The van der Waals surface area contributed by atoms with Crippen LogP contribution >= 0.6 is 11.6 Å². The van der Waals surface area contributed by atoms with Gasteiger partial charge in [0.05, 0.1) is 11.3 Å². The molecule has 2 aromatic rings. The van der Waals surface area contributed by atoms with Gasteiger partial charge in [-0.05, 0) is 6.07 Å². The first kappa shape index (κ1) is 7.44. The molecule has 0 amide bonds. The molecule has 0 fully saturated rings. The number of halogens is 1. The topological polar surface area (TPSA) is 13.1 Å². The van der Waals surface area contributed by atoms with Crippen LogP contribution in [0.5, 0.6) is 0 Å². The predicted molar refractivity (Wildman–Crippen MR) is 49.2 cm³/mol. The van der Waals surface area contributed by atoms with E-state index in [1.807, 2.05) is 30.3 Å². The fourth-order valence-electron chi connectivity index (χ4n) is 1.09. The Bertz CT molecular complexity index is 364. The van der Waals surface area contributed by atoms with Gasteiger partial charge in [0.15, 0.2) is 5.76 Å². The van der Waals surface area contributed by atoms with Gasteiger partial charge >= 0.3 is 0 Å². The number of furan rings is 1. The third-order valence-corrected chi connectivity index (χ3v) is 1.95. The van der Waals surface area contributed by atoms with Gasteiger partial charge in [0.1, 0.15) is 0 Å². The SMILES string of the molecule is Clc1ccoc1-c1ccccc1. The van der Waals surface area contributed by atoms with E-state index in [0.29, 0.717) is 5.02 Å². The summed E-state index contributed by atoms with van der Waals surface area (Å²) in [7, 11) is 0. The van der Waals surface area contributed by atoms with Gasteiger partial charge in [0.2, 0.25) is 0 Å². The molecule has 1 nitrogen and oxygen atoms in total. The molecule has 0 spiro atoms. The number of rotatable bonds is 1. The van der Waals surface area contributed by atoms with Crippen LogP contribution in [0.4, 0.5) is 0 Å². The predicted octanol–water partition coefficient (Wildman–Crippen LogP) is 3.60. The van der Waals surface area contributed by atoms with E-state index in [9.17, 15) is 0 Å². The van der Waals surface area contributed by atoms with Crippen molar-refractivity contribution in [2.75, 3.05) is 0 Å². The van der Waals surface area contributed by atoms with E-state index in [2.05, 4.69) is 0 Å². The summed E-state index contributed by atoms with van der Waals surface area (Å²) in [6.07, 6.45) is 1.59. The third kappa shape index (κ3) is 1.23. The van der Waals surface area contributed by atoms with E-state index in [0.717, 1.165) is 11.3 Å². The highest BCUT2D eigenvalue weighted by Gasteiger charge is 2.04. The summed E-state index contributed by atoms with van der Waals surface area (Å²) < 4.78 is 5.22. The van der Waals surface area contributed by atoms with Gasteiger partial charge in [0, 0.05) is 5.56 Å². The van der Waals surface area contributed by atoms with Crippen LogP contribution in [0.3, 0.4) is 0 Å². The maximum Gasteiger partial charge on any atom is 0.152 e. The molecular weight excluding hydrogens is 172 g/mol. The average Bonchev–Trinajstić information content (AvgIpc) is 2.53. The zero-order valence-corrected chi connectivity index (χ0v) is 7.08. The summed E-state index contributed by atoms with van der Waals surface area (Å²) in [6.45, 7) is 0. The van der Waals surface area contributed by atoms with Crippen molar-refractivity contribution in [3.63, 3.8) is 0 Å². The van der Waals surface area contributed by atoms with Gasteiger partial charge in [-0.25, -0.2) is 0 Å². The zero-order chi connectivity index (χ0) is 8.39. The van der Waals surface area contributed by atoms with Crippen LogP contribution in [-0.4, -0.2) is 0 Å². The van der Waals surface area contributed by atoms with E-state index in [-0.39, 0.29) is 0 Å². The molecule has 0 radical (unpaired) electrons. The largest absolute Gasteiger partial charge is 0.463 e. The van der Waals surface area contributed by atoms with Crippen molar-refractivity contribution in [1.82, 2.24) is 0 Å².